The Hall–Kier alpha value is -0.820. The summed E-state index contributed by atoms with van der Waals surface area (Å²) in [5, 5.41) is 3.79. The van der Waals surface area contributed by atoms with Crippen LogP contribution in [0.1, 0.15) is 77.0 Å². The van der Waals surface area contributed by atoms with Gasteiger partial charge in [-0.05, 0) is 48.3 Å². The molecule has 0 saturated heterocycles. The first-order valence-electron chi connectivity index (χ1n) is 8.87. The number of rotatable bonds is 6. The van der Waals surface area contributed by atoms with Crippen LogP contribution in [0.25, 0.3) is 0 Å². The molecule has 21 heavy (non-hydrogen) atoms. The number of nitrogens with one attached hydrogen (secondary N) is 1. The van der Waals surface area contributed by atoms with Crippen molar-refractivity contribution >= 4 is 0 Å². The molecular weight excluding hydrogens is 254 g/mol. The SMILES string of the molecule is CCNC(c1cccc(CC(C)C)c1)C1(C)CCCCC1. The average Bonchev–Trinajstić information content (AvgIpc) is 2.45. The molecule has 1 aliphatic rings. The highest BCUT2D eigenvalue weighted by atomic mass is 14.9. The summed E-state index contributed by atoms with van der Waals surface area (Å²) >= 11 is 0. The van der Waals surface area contributed by atoms with E-state index in [2.05, 4.69) is 57.3 Å². The van der Waals surface area contributed by atoms with Crippen LogP contribution in [-0.4, -0.2) is 6.54 Å². The van der Waals surface area contributed by atoms with Crippen molar-refractivity contribution in [2.24, 2.45) is 11.3 Å². The molecule has 0 radical (unpaired) electrons. The highest BCUT2D eigenvalue weighted by molar-refractivity contribution is 5.28. The molecule has 118 valence electrons. The predicted octanol–water partition coefficient (Wildman–Crippen LogP) is 5.51. The van der Waals surface area contributed by atoms with Crippen LogP contribution in [0, 0.1) is 11.3 Å². The Morgan fingerprint density at radius 1 is 1.14 bits per heavy atom. The van der Waals surface area contributed by atoms with Crippen LogP contribution in [0.2, 0.25) is 0 Å². The molecule has 1 aliphatic carbocycles. The van der Waals surface area contributed by atoms with Gasteiger partial charge in [-0.1, -0.05) is 71.2 Å². The third-order valence-corrected chi connectivity index (χ3v) is 5.03. The van der Waals surface area contributed by atoms with Crippen LogP contribution >= 0.6 is 0 Å². The maximum atomic E-state index is 3.79. The van der Waals surface area contributed by atoms with Gasteiger partial charge in [-0.3, -0.25) is 0 Å². The first kappa shape index (κ1) is 16.5. The zero-order valence-corrected chi connectivity index (χ0v) is 14.4. The Balaban J connectivity index is 2.24. The molecule has 0 bridgehead atoms. The van der Waals surface area contributed by atoms with Gasteiger partial charge in [0.05, 0.1) is 0 Å². The monoisotopic (exact) mass is 287 g/mol. The van der Waals surface area contributed by atoms with E-state index in [9.17, 15) is 0 Å². The van der Waals surface area contributed by atoms with Gasteiger partial charge in [0.1, 0.15) is 0 Å². The molecule has 0 heterocycles. The molecule has 1 fully saturated rings. The number of benzene rings is 1. The highest BCUT2D eigenvalue weighted by Crippen LogP contribution is 2.45. The molecule has 1 saturated carbocycles. The van der Waals surface area contributed by atoms with Gasteiger partial charge < -0.3 is 5.32 Å². The van der Waals surface area contributed by atoms with Crippen molar-refractivity contribution in [3.8, 4) is 0 Å². The molecule has 2 rings (SSSR count). The molecule has 0 aliphatic heterocycles. The van der Waals surface area contributed by atoms with Crippen molar-refractivity contribution in [3.63, 3.8) is 0 Å². The summed E-state index contributed by atoms with van der Waals surface area (Å²) in [5.41, 5.74) is 3.41. The Morgan fingerprint density at radius 2 is 1.86 bits per heavy atom. The van der Waals surface area contributed by atoms with Crippen LogP contribution in [-0.2, 0) is 6.42 Å². The van der Waals surface area contributed by atoms with Crippen molar-refractivity contribution in [3.05, 3.63) is 35.4 Å². The van der Waals surface area contributed by atoms with E-state index in [1.165, 1.54) is 49.7 Å². The largest absolute Gasteiger partial charge is 0.310 e. The molecule has 0 amide bonds. The maximum Gasteiger partial charge on any atom is 0.0374 e. The smallest absolute Gasteiger partial charge is 0.0374 e. The Labute approximate surface area is 131 Å². The first-order valence-corrected chi connectivity index (χ1v) is 8.87. The number of hydrogen-bond donors (Lipinski definition) is 1. The third kappa shape index (κ3) is 4.32. The fraction of sp³-hybridized carbons (Fsp3) is 0.700. The molecule has 1 unspecified atom stereocenters. The lowest BCUT2D eigenvalue weighted by Gasteiger charge is -2.41. The lowest BCUT2D eigenvalue weighted by molar-refractivity contribution is 0.146. The molecule has 1 N–H and O–H groups in total. The highest BCUT2D eigenvalue weighted by Gasteiger charge is 2.35. The lowest BCUT2D eigenvalue weighted by atomic mass is 9.68. The van der Waals surface area contributed by atoms with Gasteiger partial charge in [0.25, 0.3) is 0 Å². The van der Waals surface area contributed by atoms with Gasteiger partial charge >= 0.3 is 0 Å². The molecule has 1 aromatic carbocycles. The van der Waals surface area contributed by atoms with Crippen molar-refractivity contribution in [1.29, 1.82) is 0 Å². The summed E-state index contributed by atoms with van der Waals surface area (Å²) in [5.74, 6) is 0.725. The molecule has 1 atom stereocenters. The molecule has 1 aromatic rings. The minimum Gasteiger partial charge on any atom is -0.310 e. The second-order valence-electron chi connectivity index (χ2n) is 7.55. The van der Waals surface area contributed by atoms with E-state index < -0.39 is 0 Å². The molecule has 0 spiro atoms. The van der Waals surface area contributed by atoms with Gasteiger partial charge in [-0.15, -0.1) is 0 Å². The minimum absolute atomic E-state index is 0.421. The maximum absolute atomic E-state index is 3.79. The third-order valence-electron chi connectivity index (χ3n) is 5.03. The van der Waals surface area contributed by atoms with Crippen LogP contribution in [0.15, 0.2) is 24.3 Å². The van der Waals surface area contributed by atoms with E-state index in [-0.39, 0.29) is 0 Å². The Bertz CT molecular complexity index is 429. The van der Waals surface area contributed by atoms with E-state index in [0.717, 1.165) is 12.5 Å². The van der Waals surface area contributed by atoms with Gasteiger partial charge in [0.2, 0.25) is 0 Å². The summed E-state index contributed by atoms with van der Waals surface area (Å²) in [6.45, 7) is 10.4. The second kappa shape index (κ2) is 7.45. The van der Waals surface area contributed by atoms with E-state index in [1.807, 2.05) is 0 Å². The molecular formula is C20H33N. The zero-order valence-electron chi connectivity index (χ0n) is 14.4. The predicted molar refractivity (Wildman–Crippen MR) is 92.6 cm³/mol. The van der Waals surface area contributed by atoms with Crippen LogP contribution in [0.5, 0.6) is 0 Å². The lowest BCUT2D eigenvalue weighted by Crippen LogP contribution is -2.37. The normalized spacial score (nSPS) is 19.7. The van der Waals surface area contributed by atoms with Gasteiger partial charge in [-0.25, -0.2) is 0 Å². The van der Waals surface area contributed by atoms with Gasteiger partial charge in [0, 0.05) is 6.04 Å². The van der Waals surface area contributed by atoms with Crippen molar-refractivity contribution < 1.29 is 0 Å². The second-order valence-corrected chi connectivity index (χ2v) is 7.55. The fourth-order valence-corrected chi connectivity index (χ4v) is 3.99. The summed E-state index contributed by atoms with van der Waals surface area (Å²) in [6, 6.07) is 9.83. The van der Waals surface area contributed by atoms with E-state index in [1.54, 1.807) is 0 Å². The van der Waals surface area contributed by atoms with Crippen molar-refractivity contribution in [2.45, 2.75) is 72.3 Å². The Kier molecular flexibility index (Phi) is 5.87. The minimum atomic E-state index is 0.421. The standard InChI is InChI=1S/C20H33N/c1-5-21-19(20(4)12-7-6-8-13-20)18-11-9-10-17(15-18)14-16(2)3/h9-11,15-16,19,21H,5-8,12-14H2,1-4H3. The van der Waals surface area contributed by atoms with E-state index >= 15 is 0 Å². The first-order chi connectivity index (χ1) is 10.0. The van der Waals surface area contributed by atoms with Crippen molar-refractivity contribution in [1.82, 2.24) is 5.32 Å². The van der Waals surface area contributed by atoms with Gasteiger partial charge in [0.15, 0.2) is 0 Å². The van der Waals surface area contributed by atoms with Crippen LogP contribution in [0.4, 0.5) is 0 Å². The average molecular weight is 287 g/mol. The summed E-state index contributed by atoms with van der Waals surface area (Å²) < 4.78 is 0. The molecule has 1 heteroatoms. The van der Waals surface area contributed by atoms with Crippen molar-refractivity contribution in [2.75, 3.05) is 6.54 Å². The number of hydrogen-bond acceptors (Lipinski definition) is 1. The molecule has 1 nitrogen and oxygen atoms in total. The topological polar surface area (TPSA) is 12.0 Å². The zero-order chi connectivity index (χ0) is 15.3. The molecule has 0 aromatic heterocycles. The Morgan fingerprint density at radius 3 is 2.48 bits per heavy atom. The summed E-state index contributed by atoms with van der Waals surface area (Å²) in [4.78, 5) is 0. The van der Waals surface area contributed by atoms with Gasteiger partial charge in [-0.2, -0.15) is 0 Å². The van der Waals surface area contributed by atoms with E-state index in [0.29, 0.717) is 11.5 Å². The quantitative estimate of drug-likeness (QED) is 0.728. The van der Waals surface area contributed by atoms with Crippen LogP contribution < -0.4 is 5.32 Å². The summed E-state index contributed by atoms with van der Waals surface area (Å²) in [6.07, 6.45) is 8.11. The van der Waals surface area contributed by atoms with Crippen LogP contribution in [0.3, 0.4) is 0 Å². The summed E-state index contributed by atoms with van der Waals surface area (Å²) in [7, 11) is 0. The van der Waals surface area contributed by atoms with E-state index in [4.69, 9.17) is 0 Å². The fourth-order valence-electron chi connectivity index (χ4n) is 3.99.